The molecule has 0 amide bonds. The van der Waals surface area contributed by atoms with Gasteiger partial charge < -0.3 is 9.31 Å². The van der Waals surface area contributed by atoms with Crippen LogP contribution >= 0.6 is 0 Å². The van der Waals surface area contributed by atoms with Crippen LogP contribution in [-0.2, 0) is 0 Å². The van der Waals surface area contributed by atoms with Crippen LogP contribution in [0.1, 0.15) is 24.1 Å². The van der Waals surface area contributed by atoms with Gasteiger partial charge in [-0.1, -0.05) is 97.1 Å². The Morgan fingerprint density at radius 1 is 0.675 bits per heavy atom. The Kier molecular flexibility index (Phi) is 6.05. The first-order valence-corrected chi connectivity index (χ1v) is 13.4. The second kappa shape index (κ2) is 10.0. The number of fused-ring (bicyclic) bond motifs is 7. The maximum Gasteiger partial charge on any atom is 0.633 e. The van der Waals surface area contributed by atoms with Crippen LogP contribution in [0.15, 0.2) is 126 Å². The van der Waals surface area contributed by atoms with Crippen molar-refractivity contribution in [3.8, 4) is 22.6 Å². The topological polar surface area (TPSA) is 30.8 Å². The summed E-state index contributed by atoms with van der Waals surface area (Å²) >= 11 is 0. The molecule has 6 aromatic rings. The molecule has 0 bridgehead atoms. The van der Waals surface area contributed by atoms with Gasteiger partial charge in [-0.15, -0.1) is 0 Å². The second-order valence-corrected chi connectivity index (χ2v) is 10.0. The van der Waals surface area contributed by atoms with Gasteiger partial charge in [0, 0.05) is 22.8 Å². The molecule has 1 heterocycles. The molecule has 0 fully saturated rings. The van der Waals surface area contributed by atoms with Crippen molar-refractivity contribution in [2.45, 2.75) is 13.0 Å². The van der Waals surface area contributed by atoms with E-state index in [-0.39, 0.29) is 11.9 Å². The monoisotopic (exact) mass is 521 g/mol. The van der Waals surface area contributed by atoms with Crippen LogP contribution in [0.25, 0.3) is 32.7 Å². The number of hydrogen-bond donors (Lipinski definition) is 0. The highest BCUT2D eigenvalue weighted by molar-refractivity contribution is 6.64. The van der Waals surface area contributed by atoms with Crippen molar-refractivity contribution in [1.82, 2.24) is 0 Å². The van der Waals surface area contributed by atoms with Crippen molar-refractivity contribution >= 4 is 40.3 Å². The minimum absolute atomic E-state index is 0.0903. The van der Waals surface area contributed by atoms with Crippen molar-refractivity contribution in [2.24, 2.45) is 4.99 Å². The fourth-order valence-corrected chi connectivity index (χ4v) is 5.48. The Morgan fingerprint density at radius 2 is 1.25 bits per heavy atom. The Hall–Kier alpha value is -4.90. The van der Waals surface area contributed by atoms with E-state index in [9.17, 15) is 4.39 Å². The molecule has 1 aliphatic rings. The first-order valence-electron chi connectivity index (χ1n) is 13.4. The maximum atomic E-state index is 14.5. The molecule has 0 aromatic heterocycles. The molecule has 0 aliphatic carbocycles. The van der Waals surface area contributed by atoms with Crippen LogP contribution in [-0.4, -0.2) is 13.3 Å². The summed E-state index contributed by atoms with van der Waals surface area (Å²) in [4.78, 5) is 4.75. The fourth-order valence-electron chi connectivity index (χ4n) is 5.48. The average Bonchev–Trinajstić information content (AvgIpc) is 3.17. The highest BCUT2D eigenvalue weighted by Gasteiger charge is 2.35. The van der Waals surface area contributed by atoms with Crippen molar-refractivity contribution in [1.29, 1.82) is 0 Å². The first-order chi connectivity index (χ1) is 19.7. The molecule has 5 heteroatoms. The Balaban J connectivity index is 1.39. The molecule has 7 rings (SSSR count). The summed E-state index contributed by atoms with van der Waals surface area (Å²) in [7, 11) is -0.809. The molecule has 40 heavy (non-hydrogen) atoms. The Labute approximate surface area is 232 Å². The van der Waals surface area contributed by atoms with Gasteiger partial charge in [-0.25, -0.2) is 4.39 Å². The zero-order valence-corrected chi connectivity index (χ0v) is 21.9. The van der Waals surface area contributed by atoms with Gasteiger partial charge in [-0.05, 0) is 63.9 Å². The molecule has 3 nitrogen and oxygen atoms in total. The van der Waals surface area contributed by atoms with E-state index in [1.54, 1.807) is 12.3 Å². The molecule has 0 spiro atoms. The minimum atomic E-state index is -0.809. The van der Waals surface area contributed by atoms with E-state index in [0.29, 0.717) is 22.5 Å². The highest BCUT2D eigenvalue weighted by atomic mass is 19.1. The lowest BCUT2D eigenvalue weighted by Crippen LogP contribution is -2.44. The van der Waals surface area contributed by atoms with E-state index in [0.717, 1.165) is 38.2 Å². The summed E-state index contributed by atoms with van der Waals surface area (Å²) < 4.78 is 27.8. The van der Waals surface area contributed by atoms with E-state index in [4.69, 9.17) is 14.3 Å². The summed E-state index contributed by atoms with van der Waals surface area (Å²) in [5.41, 5.74) is 4.37. The van der Waals surface area contributed by atoms with E-state index < -0.39 is 7.12 Å². The normalized spacial score (nSPS) is 13.4. The Morgan fingerprint density at radius 3 is 1.88 bits per heavy atom. The van der Waals surface area contributed by atoms with Crippen LogP contribution in [0.3, 0.4) is 0 Å². The molecular weight excluding hydrogens is 496 g/mol. The van der Waals surface area contributed by atoms with Crippen LogP contribution in [0.5, 0.6) is 11.5 Å². The summed E-state index contributed by atoms with van der Waals surface area (Å²) in [5.74, 6) is 1.08. The molecule has 1 aliphatic heterocycles. The molecular formula is C35H25BFNO2. The van der Waals surface area contributed by atoms with Gasteiger partial charge in [0.1, 0.15) is 17.3 Å². The van der Waals surface area contributed by atoms with E-state index in [1.165, 1.54) is 12.1 Å². The summed E-state index contributed by atoms with van der Waals surface area (Å²) in [6, 6.07) is 39.3. The first kappa shape index (κ1) is 24.2. The molecule has 0 N–H and O–H groups in total. The molecule has 1 atom stereocenters. The van der Waals surface area contributed by atoms with Crippen LogP contribution < -0.4 is 14.8 Å². The Bertz CT molecular complexity index is 1820. The van der Waals surface area contributed by atoms with Gasteiger partial charge in [-0.3, -0.25) is 4.99 Å². The molecule has 0 saturated carbocycles. The molecule has 1 unspecified atom stereocenters. The zero-order chi connectivity index (χ0) is 27.1. The zero-order valence-electron chi connectivity index (χ0n) is 21.9. The molecule has 192 valence electrons. The lowest BCUT2D eigenvalue weighted by Gasteiger charge is -2.17. The van der Waals surface area contributed by atoms with Gasteiger partial charge in [0.05, 0.1) is 6.04 Å². The number of benzene rings is 6. The van der Waals surface area contributed by atoms with Crippen LogP contribution in [0.2, 0.25) is 0 Å². The highest BCUT2D eigenvalue weighted by Crippen LogP contribution is 2.47. The second-order valence-electron chi connectivity index (χ2n) is 10.0. The van der Waals surface area contributed by atoms with Gasteiger partial charge in [-0.2, -0.15) is 0 Å². The van der Waals surface area contributed by atoms with Crippen molar-refractivity contribution in [3.05, 3.63) is 138 Å². The van der Waals surface area contributed by atoms with E-state index >= 15 is 0 Å². The quantitative estimate of drug-likeness (QED) is 0.173. The smallest absolute Gasteiger partial charge is 0.521 e. The maximum absolute atomic E-state index is 14.5. The van der Waals surface area contributed by atoms with Crippen molar-refractivity contribution in [2.75, 3.05) is 0 Å². The van der Waals surface area contributed by atoms with Crippen molar-refractivity contribution in [3.63, 3.8) is 0 Å². The predicted octanol–water partition coefficient (Wildman–Crippen LogP) is 8.15. The fraction of sp³-hybridized carbons (Fsp3) is 0.0571. The molecule has 6 aromatic carbocycles. The van der Waals surface area contributed by atoms with E-state index in [1.807, 2.05) is 73.7 Å². The molecule has 0 saturated heterocycles. The van der Waals surface area contributed by atoms with Gasteiger partial charge in [0.2, 0.25) is 0 Å². The van der Waals surface area contributed by atoms with Crippen LogP contribution in [0, 0.1) is 5.82 Å². The largest absolute Gasteiger partial charge is 0.633 e. The number of aliphatic imine (C=N–C) groups is 1. The van der Waals surface area contributed by atoms with Gasteiger partial charge in [0.25, 0.3) is 0 Å². The lowest BCUT2D eigenvalue weighted by atomic mass is 9.75. The number of rotatable bonds is 4. The number of hydrogen-bond acceptors (Lipinski definition) is 3. The third-order valence-corrected chi connectivity index (χ3v) is 7.52. The number of halogens is 1. The van der Waals surface area contributed by atoms with Gasteiger partial charge >= 0.3 is 7.12 Å². The summed E-state index contributed by atoms with van der Waals surface area (Å²) in [5, 5.41) is 4.40. The SMILES string of the molecule is CC(N=Cc1cc(F)ccc1B1Oc2ccc3ccccc3c2-c2c(ccc3ccccc23)O1)c1ccccc1. The van der Waals surface area contributed by atoms with Crippen molar-refractivity contribution < 1.29 is 13.7 Å². The number of nitrogens with zero attached hydrogens (tertiary/aromatic N) is 1. The van der Waals surface area contributed by atoms with Crippen LogP contribution in [0.4, 0.5) is 4.39 Å². The third kappa shape index (κ3) is 4.30. The van der Waals surface area contributed by atoms with Gasteiger partial charge in [0.15, 0.2) is 0 Å². The molecule has 0 radical (unpaired) electrons. The third-order valence-electron chi connectivity index (χ3n) is 7.52. The van der Waals surface area contributed by atoms with E-state index in [2.05, 4.69) is 36.4 Å². The average molecular weight is 521 g/mol. The minimum Gasteiger partial charge on any atom is -0.521 e. The standard InChI is InChI=1S/C35H25BFNO2/c1-23(24-9-3-2-4-10-24)38-22-27-21-28(37)17-18-31(27)36-39-32-19-15-25-11-5-7-13-29(25)34(32)35-30-14-8-6-12-26(30)16-20-33(35)40-36/h2-23H,1H3. The summed E-state index contributed by atoms with van der Waals surface area (Å²) in [6.07, 6.45) is 1.72. The summed E-state index contributed by atoms with van der Waals surface area (Å²) in [6.45, 7) is 2.02. The lowest BCUT2D eigenvalue weighted by molar-refractivity contribution is 0.448. The predicted molar refractivity (Wildman–Crippen MR) is 162 cm³/mol.